The van der Waals surface area contributed by atoms with Gasteiger partial charge >= 0.3 is 0 Å². The van der Waals surface area contributed by atoms with E-state index in [0.29, 0.717) is 0 Å². The SMILES string of the molecule is Cc1c(C2(O)CCC2)ccc(-c2nc(N3CCN(CCN4CCOCC4)CC3)sc2-c2ccccc2)c1N. The fraction of sp³-hybridized carbons (Fsp3) is 0.500. The molecule has 3 fully saturated rings. The molecule has 2 saturated heterocycles. The zero-order valence-corrected chi connectivity index (χ0v) is 23.2. The van der Waals surface area contributed by atoms with E-state index < -0.39 is 5.60 Å². The third kappa shape index (κ3) is 5.08. The number of nitrogens with zero attached hydrogens (tertiary/aromatic N) is 4. The van der Waals surface area contributed by atoms with Gasteiger partial charge in [-0.05, 0) is 42.9 Å². The third-order valence-corrected chi connectivity index (χ3v) is 9.75. The summed E-state index contributed by atoms with van der Waals surface area (Å²) in [6.07, 6.45) is 2.67. The van der Waals surface area contributed by atoms with Crippen molar-refractivity contribution in [2.45, 2.75) is 31.8 Å². The molecule has 1 saturated carbocycles. The Labute approximate surface area is 229 Å². The fourth-order valence-electron chi connectivity index (χ4n) is 5.90. The minimum atomic E-state index is -0.728. The van der Waals surface area contributed by atoms with Crippen molar-refractivity contribution in [1.29, 1.82) is 0 Å². The van der Waals surface area contributed by atoms with Crippen molar-refractivity contribution in [1.82, 2.24) is 14.8 Å². The van der Waals surface area contributed by atoms with Crippen LogP contribution in [-0.2, 0) is 10.3 Å². The number of ether oxygens (including phenoxy) is 1. The van der Waals surface area contributed by atoms with E-state index in [1.165, 1.54) is 0 Å². The number of hydrogen-bond donors (Lipinski definition) is 2. The molecule has 2 aliphatic heterocycles. The lowest BCUT2D eigenvalue weighted by Gasteiger charge is -2.38. The first kappa shape index (κ1) is 25.8. The maximum atomic E-state index is 11.0. The van der Waals surface area contributed by atoms with Gasteiger partial charge in [0.25, 0.3) is 0 Å². The van der Waals surface area contributed by atoms with Gasteiger partial charge in [0.05, 0.1) is 29.4 Å². The van der Waals surface area contributed by atoms with Crippen molar-refractivity contribution in [2.24, 2.45) is 0 Å². The largest absolute Gasteiger partial charge is 0.398 e. The third-order valence-electron chi connectivity index (χ3n) is 8.58. The number of aliphatic hydroxyl groups is 1. The first-order valence-corrected chi connectivity index (χ1v) is 14.8. The lowest BCUT2D eigenvalue weighted by atomic mass is 9.73. The number of aromatic nitrogens is 1. The number of rotatable bonds is 7. The van der Waals surface area contributed by atoms with Crippen LogP contribution >= 0.6 is 11.3 Å². The molecule has 8 heteroatoms. The van der Waals surface area contributed by atoms with Crippen LogP contribution in [0.5, 0.6) is 0 Å². The summed E-state index contributed by atoms with van der Waals surface area (Å²) in [5.41, 5.74) is 11.8. The highest BCUT2D eigenvalue weighted by Crippen LogP contribution is 2.47. The molecule has 3 N–H and O–H groups in total. The molecule has 0 amide bonds. The fourth-order valence-corrected chi connectivity index (χ4v) is 7.04. The minimum Gasteiger partial charge on any atom is -0.398 e. The van der Waals surface area contributed by atoms with Crippen molar-refractivity contribution in [2.75, 3.05) is 76.2 Å². The lowest BCUT2D eigenvalue weighted by Crippen LogP contribution is -2.49. The molecule has 7 nitrogen and oxygen atoms in total. The van der Waals surface area contributed by atoms with Crippen LogP contribution in [-0.4, -0.2) is 85.5 Å². The second-order valence-corrected chi connectivity index (χ2v) is 11.9. The van der Waals surface area contributed by atoms with E-state index in [-0.39, 0.29) is 0 Å². The molecule has 0 spiro atoms. The molecule has 1 aromatic heterocycles. The summed E-state index contributed by atoms with van der Waals surface area (Å²) in [4.78, 5) is 13.9. The van der Waals surface area contributed by atoms with Gasteiger partial charge in [0.1, 0.15) is 0 Å². The molecular formula is C30H39N5O2S. The maximum Gasteiger partial charge on any atom is 0.186 e. The number of thiazole rings is 1. The van der Waals surface area contributed by atoms with Crippen LogP contribution in [0, 0.1) is 6.92 Å². The van der Waals surface area contributed by atoms with E-state index in [0.717, 1.165) is 128 Å². The van der Waals surface area contributed by atoms with Crippen LogP contribution in [0.15, 0.2) is 42.5 Å². The predicted molar refractivity (Wildman–Crippen MR) is 156 cm³/mol. The summed E-state index contributed by atoms with van der Waals surface area (Å²) in [5.74, 6) is 0. The van der Waals surface area contributed by atoms with Gasteiger partial charge in [-0.25, -0.2) is 4.98 Å². The molecule has 3 aromatic rings. The maximum absolute atomic E-state index is 11.0. The molecule has 3 aliphatic rings. The molecule has 0 radical (unpaired) electrons. The van der Waals surface area contributed by atoms with E-state index in [9.17, 15) is 5.11 Å². The van der Waals surface area contributed by atoms with Crippen LogP contribution in [0.1, 0.15) is 30.4 Å². The molecule has 0 bridgehead atoms. The van der Waals surface area contributed by atoms with Gasteiger partial charge < -0.3 is 20.5 Å². The predicted octanol–water partition coefficient (Wildman–Crippen LogP) is 4.19. The molecule has 6 rings (SSSR count). The van der Waals surface area contributed by atoms with Crippen LogP contribution in [0.2, 0.25) is 0 Å². The van der Waals surface area contributed by atoms with Crippen LogP contribution < -0.4 is 10.6 Å². The molecule has 1 aliphatic carbocycles. The van der Waals surface area contributed by atoms with Gasteiger partial charge in [-0.1, -0.05) is 53.8 Å². The Kier molecular flexibility index (Phi) is 7.42. The van der Waals surface area contributed by atoms with Crippen LogP contribution in [0.3, 0.4) is 0 Å². The standard InChI is InChI=1S/C30H39N5O2S/c1-22-25(30(36)10-5-11-30)9-8-24(26(22)31)27-28(23-6-3-2-4-7-23)38-29(32-27)35-16-14-33(15-17-35)12-13-34-18-20-37-21-19-34/h2-4,6-9,36H,5,10-21,31H2,1H3. The second-order valence-electron chi connectivity index (χ2n) is 10.9. The monoisotopic (exact) mass is 533 g/mol. The van der Waals surface area contributed by atoms with Crippen molar-refractivity contribution < 1.29 is 9.84 Å². The van der Waals surface area contributed by atoms with E-state index in [4.69, 9.17) is 15.5 Å². The highest BCUT2D eigenvalue weighted by atomic mass is 32.1. The Balaban J connectivity index is 1.23. The summed E-state index contributed by atoms with van der Waals surface area (Å²) in [6.45, 7) is 12.1. The van der Waals surface area contributed by atoms with Gasteiger partial charge in [0, 0.05) is 63.6 Å². The molecule has 3 heterocycles. The molecule has 2 aromatic carbocycles. The van der Waals surface area contributed by atoms with Crippen LogP contribution in [0.25, 0.3) is 21.7 Å². The van der Waals surface area contributed by atoms with Gasteiger partial charge in [-0.15, -0.1) is 0 Å². The molecule has 38 heavy (non-hydrogen) atoms. The number of anilines is 2. The van der Waals surface area contributed by atoms with Crippen molar-refractivity contribution in [3.63, 3.8) is 0 Å². The Hall–Kier alpha value is -2.49. The first-order chi connectivity index (χ1) is 18.5. The van der Waals surface area contributed by atoms with E-state index in [1.807, 2.05) is 13.0 Å². The summed E-state index contributed by atoms with van der Waals surface area (Å²) >= 11 is 1.76. The van der Waals surface area contributed by atoms with E-state index in [2.05, 4.69) is 51.1 Å². The summed E-state index contributed by atoms with van der Waals surface area (Å²) in [5, 5.41) is 12.1. The molecule has 202 valence electrons. The number of nitrogen functional groups attached to an aromatic ring is 1. The van der Waals surface area contributed by atoms with Gasteiger partial charge in [0.2, 0.25) is 0 Å². The number of piperazine rings is 1. The number of hydrogen-bond acceptors (Lipinski definition) is 8. The average molecular weight is 534 g/mol. The van der Waals surface area contributed by atoms with E-state index >= 15 is 0 Å². The van der Waals surface area contributed by atoms with Crippen molar-refractivity contribution >= 4 is 22.2 Å². The van der Waals surface area contributed by atoms with Crippen molar-refractivity contribution in [3.8, 4) is 21.7 Å². The van der Waals surface area contributed by atoms with Gasteiger partial charge in [0.15, 0.2) is 5.13 Å². The highest BCUT2D eigenvalue weighted by molar-refractivity contribution is 7.19. The van der Waals surface area contributed by atoms with Crippen LogP contribution in [0.4, 0.5) is 10.8 Å². The second kappa shape index (κ2) is 10.9. The average Bonchev–Trinajstić information content (AvgIpc) is 3.39. The summed E-state index contributed by atoms with van der Waals surface area (Å²) in [7, 11) is 0. The summed E-state index contributed by atoms with van der Waals surface area (Å²) < 4.78 is 5.49. The molecular weight excluding hydrogens is 494 g/mol. The van der Waals surface area contributed by atoms with E-state index in [1.54, 1.807) is 11.3 Å². The van der Waals surface area contributed by atoms with Crippen molar-refractivity contribution in [3.05, 3.63) is 53.6 Å². The Morgan fingerprint density at radius 1 is 0.947 bits per heavy atom. The Morgan fingerprint density at radius 2 is 1.63 bits per heavy atom. The summed E-state index contributed by atoms with van der Waals surface area (Å²) in [6, 6.07) is 14.7. The number of benzene rings is 2. The first-order valence-electron chi connectivity index (χ1n) is 14.0. The smallest absolute Gasteiger partial charge is 0.186 e. The zero-order chi connectivity index (χ0) is 26.1. The number of morpholine rings is 1. The molecule has 0 unspecified atom stereocenters. The lowest BCUT2D eigenvalue weighted by molar-refractivity contribution is -0.0392. The Bertz CT molecular complexity index is 1250. The normalized spacial score (nSPS) is 20.4. The molecule has 0 atom stereocenters. The minimum absolute atomic E-state index is 0.727. The quantitative estimate of drug-likeness (QED) is 0.441. The zero-order valence-electron chi connectivity index (χ0n) is 22.4. The highest BCUT2D eigenvalue weighted by Gasteiger charge is 2.38. The Morgan fingerprint density at radius 3 is 2.29 bits per heavy atom. The number of nitrogens with two attached hydrogens (primary N) is 1. The van der Waals surface area contributed by atoms with Gasteiger partial charge in [-0.3, -0.25) is 9.80 Å². The van der Waals surface area contributed by atoms with Gasteiger partial charge in [-0.2, -0.15) is 0 Å². The topological polar surface area (TPSA) is 78.1 Å².